The van der Waals surface area contributed by atoms with Gasteiger partial charge in [-0.1, -0.05) is 12.5 Å². The Bertz CT molecular complexity index is 1350. The Balaban J connectivity index is 1.51. The average Bonchev–Trinajstić information content (AvgIpc) is 3.25. The third kappa shape index (κ3) is 4.48. The van der Waals surface area contributed by atoms with E-state index in [1.807, 2.05) is 6.07 Å². The Kier molecular flexibility index (Phi) is 7.18. The number of hydrogen-bond acceptors (Lipinski definition) is 12. The Morgan fingerprint density at radius 1 is 1.07 bits per heavy atom. The predicted octanol–water partition coefficient (Wildman–Crippen LogP) is 1.10. The summed E-state index contributed by atoms with van der Waals surface area (Å²) in [5, 5.41) is 21.0. The van der Waals surface area contributed by atoms with Gasteiger partial charge in [-0.3, -0.25) is 9.59 Å². The van der Waals surface area contributed by atoms with E-state index in [2.05, 4.69) is 4.74 Å². The number of aliphatic carboxylic acids is 1. The van der Waals surface area contributed by atoms with Gasteiger partial charge in [0.25, 0.3) is 0 Å². The van der Waals surface area contributed by atoms with Crippen LogP contribution in [-0.4, -0.2) is 77.7 Å². The molecule has 1 fully saturated rings. The van der Waals surface area contributed by atoms with Gasteiger partial charge in [0.05, 0.1) is 18.1 Å². The van der Waals surface area contributed by atoms with Crippen LogP contribution in [0.3, 0.4) is 0 Å². The lowest BCUT2D eigenvalue weighted by Gasteiger charge is -2.59. The Hall–Kier alpha value is -4.13. The van der Waals surface area contributed by atoms with Crippen LogP contribution in [-0.2, 0) is 54.8 Å². The van der Waals surface area contributed by atoms with Crippen LogP contribution >= 0.6 is 0 Å². The first-order valence-corrected chi connectivity index (χ1v) is 13.2. The summed E-state index contributed by atoms with van der Waals surface area (Å²) in [6.07, 6.45) is -0.753. The Morgan fingerprint density at radius 3 is 2.39 bits per heavy atom. The van der Waals surface area contributed by atoms with Gasteiger partial charge >= 0.3 is 29.8 Å². The summed E-state index contributed by atoms with van der Waals surface area (Å²) in [5.41, 5.74) is -0.315. The minimum Gasteiger partial charge on any atom is -0.493 e. The summed E-state index contributed by atoms with van der Waals surface area (Å²) in [6.45, 7) is 0.806. The van der Waals surface area contributed by atoms with E-state index in [9.17, 15) is 29.1 Å². The highest BCUT2D eigenvalue weighted by Crippen LogP contribution is 2.67. The fraction of sp³-hybridized carbons (Fsp3) is 0.536. The van der Waals surface area contributed by atoms with E-state index < -0.39 is 65.8 Å². The smallest absolute Gasteiger partial charge is 0.357 e. The van der Waals surface area contributed by atoms with Crippen molar-refractivity contribution in [3.8, 4) is 11.5 Å². The molecule has 1 heterocycles. The molecule has 4 aliphatic rings. The van der Waals surface area contributed by atoms with Crippen LogP contribution in [0.2, 0.25) is 0 Å². The van der Waals surface area contributed by atoms with Crippen molar-refractivity contribution in [2.45, 2.75) is 75.3 Å². The van der Waals surface area contributed by atoms with Crippen molar-refractivity contribution in [3.05, 3.63) is 35.1 Å². The van der Waals surface area contributed by atoms with Crippen molar-refractivity contribution in [3.63, 3.8) is 0 Å². The molecule has 0 radical (unpaired) electrons. The van der Waals surface area contributed by atoms with Gasteiger partial charge in [0.1, 0.15) is 5.76 Å². The highest BCUT2D eigenvalue weighted by Gasteiger charge is 2.71. The number of methoxy groups -OCH3 is 1. The van der Waals surface area contributed by atoms with E-state index in [0.717, 1.165) is 37.8 Å². The molecule has 1 saturated carbocycles. The first kappa shape index (κ1) is 28.4. The molecule has 5 rings (SSSR count). The third-order valence-corrected chi connectivity index (χ3v) is 8.35. The quantitative estimate of drug-likeness (QED) is 0.316. The number of rotatable bonds is 9. The number of hydrogen-bond donors (Lipinski definition) is 2. The Labute approximate surface area is 234 Å². The van der Waals surface area contributed by atoms with Crippen molar-refractivity contribution < 1.29 is 62.6 Å². The normalized spacial score (nSPS) is 28.0. The van der Waals surface area contributed by atoms with Gasteiger partial charge in [-0.25, -0.2) is 14.4 Å². The number of aliphatic hydroxyl groups is 1. The van der Waals surface area contributed by atoms with Gasteiger partial charge in [-0.05, 0) is 49.3 Å². The third-order valence-electron chi connectivity index (χ3n) is 8.35. The molecule has 2 bridgehead atoms. The van der Waals surface area contributed by atoms with Crippen LogP contribution in [0.15, 0.2) is 24.0 Å². The monoisotopic (exact) mass is 574 g/mol. The number of carboxylic acids is 1. The van der Waals surface area contributed by atoms with Crippen LogP contribution in [0.5, 0.6) is 11.5 Å². The van der Waals surface area contributed by atoms with E-state index in [-0.39, 0.29) is 18.1 Å². The average molecular weight is 575 g/mol. The fourth-order valence-corrected chi connectivity index (χ4v) is 6.90. The van der Waals surface area contributed by atoms with E-state index in [1.165, 1.54) is 13.2 Å². The minimum absolute atomic E-state index is 0.0176. The predicted molar refractivity (Wildman–Crippen MR) is 134 cm³/mol. The van der Waals surface area contributed by atoms with Crippen molar-refractivity contribution in [1.82, 2.24) is 0 Å². The summed E-state index contributed by atoms with van der Waals surface area (Å²) in [5.74, 6) is -5.41. The van der Waals surface area contributed by atoms with Gasteiger partial charge in [0, 0.05) is 19.4 Å². The molecule has 1 aromatic rings. The molecule has 13 nitrogen and oxygen atoms in total. The van der Waals surface area contributed by atoms with E-state index >= 15 is 0 Å². The molecule has 0 unspecified atom stereocenters. The van der Waals surface area contributed by atoms with Crippen molar-refractivity contribution in [2.75, 3.05) is 13.7 Å². The van der Waals surface area contributed by atoms with Gasteiger partial charge < -0.3 is 38.6 Å². The molecule has 1 aromatic carbocycles. The number of ether oxygens (including phenoxy) is 6. The first-order valence-electron chi connectivity index (χ1n) is 13.2. The van der Waals surface area contributed by atoms with Crippen molar-refractivity contribution in [2.24, 2.45) is 5.92 Å². The van der Waals surface area contributed by atoms with Crippen LogP contribution in [0.4, 0.5) is 0 Å². The number of carboxylic acid groups (broad SMARTS) is 1. The lowest BCUT2D eigenvalue weighted by atomic mass is 9.47. The number of carbonyl (C=O) groups excluding carboxylic acids is 4. The molecule has 41 heavy (non-hydrogen) atoms. The first-order chi connectivity index (χ1) is 19.4. The maximum absolute atomic E-state index is 13.5. The maximum Gasteiger partial charge on any atom is 0.357 e. The van der Waals surface area contributed by atoms with Crippen LogP contribution in [0, 0.1) is 5.92 Å². The van der Waals surface area contributed by atoms with E-state index in [4.69, 9.17) is 28.8 Å². The van der Waals surface area contributed by atoms with Gasteiger partial charge in [-0.2, -0.15) is 0 Å². The zero-order valence-electron chi connectivity index (χ0n) is 22.7. The van der Waals surface area contributed by atoms with Crippen molar-refractivity contribution in [1.29, 1.82) is 0 Å². The molecular formula is C28H30O13. The summed E-state index contributed by atoms with van der Waals surface area (Å²) >= 11 is 0. The van der Waals surface area contributed by atoms with Crippen LogP contribution in [0.25, 0.3) is 0 Å². The van der Waals surface area contributed by atoms with E-state index in [0.29, 0.717) is 24.3 Å². The van der Waals surface area contributed by atoms with Gasteiger partial charge in [-0.15, -0.1) is 0 Å². The van der Waals surface area contributed by atoms with Crippen molar-refractivity contribution >= 4 is 29.8 Å². The molecule has 0 amide bonds. The highest BCUT2D eigenvalue weighted by molar-refractivity contribution is 5.90. The highest BCUT2D eigenvalue weighted by atomic mass is 16.6. The summed E-state index contributed by atoms with van der Waals surface area (Å²) < 4.78 is 32.2. The second-order valence-corrected chi connectivity index (χ2v) is 10.6. The largest absolute Gasteiger partial charge is 0.493 e. The molecule has 6 atom stereocenters. The summed E-state index contributed by atoms with van der Waals surface area (Å²) in [4.78, 5) is 60.7. The zero-order valence-corrected chi connectivity index (χ0v) is 22.7. The molecule has 0 aromatic heterocycles. The molecule has 1 spiro atoms. The summed E-state index contributed by atoms with van der Waals surface area (Å²) in [7, 11) is 1.50. The fourth-order valence-electron chi connectivity index (χ4n) is 6.90. The van der Waals surface area contributed by atoms with Crippen LogP contribution in [0.1, 0.15) is 50.7 Å². The van der Waals surface area contributed by atoms with Crippen LogP contribution < -0.4 is 9.47 Å². The Morgan fingerprint density at radius 2 is 1.76 bits per heavy atom. The topological polar surface area (TPSA) is 181 Å². The molecule has 2 N–H and O–H groups in total. The SMILES string of the molecule is COc1ccc2c3c1O[C@H]1C(OC(=O)[C@H](OC(C)=O)[C@@H](OC(C)=O)C(=O)OCC(=O)O)=CC[C@@]4(O)[C@H](CCC[C@]314)C2. The molecule has 13 heteroatoms. The number of benzene rings is 1. The molecule has 1 aliphatic heterocycles. The number of carbonyl (C=O) groups is 5. The standard InChI is InChI=1S/C28H30O13/c1-13(29)38-22(25(33)37-12-19(31)32)23(39-14(2)30)26(34)40-18-8-10-28(35)16-5-4-9-27(28)20-15(11-16)6-7-17(36-3)21(20)41-24(18)27/h6-8,16,22-24,35H,4-5,9-12H2,1-3H3,(H,31,32)/t16-,22-,23-,24+,27+,28-/m1/s1. The van der Waals surface area contributed by atoms with E-state index in [1.54, 1.807) is 6.07 Å². The minimum atomic E-state index is -2.15. The van der Waals surface area contributed by atoms with Gasteiger partial charge in [0.2, 0.25) is 12.2 Å². The van der Waals surface area contributed by atoms with Gasteiger partial charge in [0.15, 0.2) is 24.2 Å². The lowest BCUT2D eigenvalue weighted by Crippen LogP contribution is -2.67. The zero-order chi connectivity index (χ0) is 29.7. The number of esters is 4. The maximum atomic E-state index is 13.5. The molecule has 0 saturated heterocycles. The second kappa shape index (κ2) is 10.4. The summed E-state index contributed by atoms with van der Waals surface area (Å²) in [6, 6.07) is 3.75. The lowest BCUT2D eigenvalue weighted by molar-refractivity contribution is -0.192. The molecule has 3 aliphatic carbocycles. The molecular weight excluding hydrogens is 544 g/mol. The second-order valence-electron chi connectivity index (χ2n) is 10.6. The molecule has 220 valence electrons.